The number of carbonyl (C=O) groups is 1. The quantitative estimate of drug-likeness (QED) is 0.796. The number of ether oxygens (including phenoxy) is 1. The van der Waals surface area contributed by atoms with Gasteiger partial charge in [-0.3, -0.25) is 0 Å². The molecule has 3 rings (SSSR count). The van der Waals surface area contributed by atoms with E-state index in [0.29, 0.717) is 12.3 Å². The van der Waals surface area contributed by atoms with Crippen LogP contribution in [0.3, 0.4) is 0 Å². The fourth-order valence-electron chi connectivity index (χ4n) is 2.53. The van der Waals surface area contributed by atoms with Crippen LogP contribution in [0.2, 0.25) is 0 Å². The lowest BCUT2D eigenvalue weighted by molar-refractivity contribution is 0.206. The largest absolute Gasteiger partial charge is 0.504 e. The van der Waals surface area contributed by atoms with Crippen LogP contribution in [0.25, 0.3) is 0 Å². The number of carbonyl (C=O) groups excluding carboxylic acids is 1. The number of halogens is 1. The predicted octanol–water partition coefficient (Wildman–Crippen LogP) is 4.36. The Morgan fingerprint density at radius 3 is 2.79 bits per heavy atom. The molecule has 5 nitrogen and oxygen atoms in total. The molecule has 2 aromatic rings. The lowest BCUT2D eigenvalue weighted by atomic mass is 10.2. The second kappa shape index (κ2) is 7.13. The fraction of sp³-hybridized carbons (Fsp3) is 0.278. The summed E-state index contributed by atoms with van der Waals surface area (Å²) >= 11 is 3.40. The van der Waals surface area contributed by atoms with E-state index in [1.165, 1.54) is 7.11 Å². The summed E-state index contributed by atoms with van der Waals surface area (Å²) in [5.74, 6) is 0.508. The molecule has 1 saturated carbocycles. The van der Waals surface area contributed by atoms with Crippen LogP contribution in [0.1, 0.15) is 18.4 Å². The van der Waals surface area contributed by atoms with Gasteiger partial charge in [-0.05, 0) is 48.7 Å². The molecule has 0 aromatic heterocycles. The zero-order chi connectivity index (χ0) is 17.1. The van der Waals surface area contributed by atoms with Gasteiger partial charge in [0.15, 0.2) is 11.5 Å². The fourth-order valence-corrected chi connectivity index (χ4v) is 2.93. The molecule has 0 saturated heterocycles. The highest BCUT2D eigenvalue weighted by molar-refractivity contribution is 9.10. The first-order chi connectivity index (χ1) is 11.6. The van der Waals surface area contributed by atoms with E-state index >= 15 is 0 Å². The maximum absolute atomic E-state index is 12.7. The number of rotatable bonds is 5. The molecule has 24 heavy (non-hydrogen) atoms. The van der Waals surface area contributed by atoms with Crippen molar-refractivity contribution in [1.29, 1.82) is 0 Å². The number of phenolic OH excluding ortho intramolecular Hbond substituents is 1. The molecule has 6 heteroatoms. The third-order valence-corrected chi connectivity index (χ3v) is 4.41. The highest BCUT2D eigenvalue weighted by Gasteiger charge is 2.32. The second-order valence-electron chi connectivity index (χ2n) is 5.81. The van der Waals surface area contributed by atoms with Crippen LogP contribution < -0.4 is 10.1 Å². The van der Waals surface area contributed by atoms with Crippen molar-refractivity contribution in [3.05, 3.63) is 52.5 Å². The van der Waals surface area contributed by atoms with Crippen molar-refractivity contribution in [2.75, 3.05) is 12.4 Å². The molecule has 0 atom stereocenters. The number of anilines is 1. The standard InChI is InChI=1S/C18H19BrN2O3/c1-24-17-9-12(5-8-16(17)22)11-21(15-6-7-15)18(23)20-14-4-2-3-13(19)10-14/h2-5,8-10,15,22H,6-7,11H2,1H3,(H,20,23). The summed E-state index contributed by atoms with van der Waals surface area (Å²) in [6.45, 7) is 0.473. The first kappa shape index (κ1) is 16.6. The van der Waals surface area contributed by atoms with Gasteiger partial charge >= 0.3 is 6.03 Å². The minimum absolute atomic E-state index is 0.0952. The summed E-state index contributed by atoms with van der Waals surface area (Å²) in [5, 5.41) is 12.6. The Balaban J connectivity index is 1.74. The molecular weight excluding hydrogens is 372 g/mol. The zero-order valence-electron chi connectivity index (χ0n) is 13.3. The molecular formula is C18H19BrN2O3. The van der Waals surface area contributed by atoms with Crippen LogP contribution in [0.5, 0.6) is 11.5 Å². The number of nitrogens with zero attached hydrogens (tertiary/aromatic N) is 1. The third-order valence-electron chi connectivity index (χ3n) is 3.92. The zero-order valence-corrected chi connectivity index (χ0v) is 14.9. The molecule has 0 unspecified atom stereocenters. The maximum atomic E-state index is 12.7. The summed E-state index contributed by atoms with van der Waals surface area (Å²) in [6, 6.07) is 12.8. The van der Waals surface area contributed by atoms with Crippen molar-refractivity contribution in [3.8, 4) is 11.5 Å². The summed E-state index contributed by atoms with van der Waals surface area (Å²) in [4.78, 5) is 14.5. The molecule has 0 heterocycles. The summed E-state index contributed by atoms with van der Waals surface area (Å²) < 4.78 is 6.06. The first-order valence-electron chi connectivity index (χ1n) is 7.76. The lowest BCUT2D eigenvalue weighted by Gasteiger charge is -2.23. The number of urea groups is 1. The van der Waals surface area contributed by atoms with Crippen LogP contribution in [0, 0.1) is 0 Å². The Kier molecular flexibility index (Phi) is 4.94. The minimum Gasteiger partial charge on any atom is -0.504 e. The number of phenols is 1. The number of amides is 2. The summed E-state index contributed by atoms with van der Waals surface area (Å²) in [6.07, 6.45) is 2.03. The predicted molar refractivity (Wildman–Crippen MR) is 96.4 cm³/mol. The molecule has 0 aliphatic heterocycles. The van der Waals surface area contributed by atoms with Crippen LogP contribution >= 0.6 is 15.9 Å². The van der Waals surface area contributed by atoms with E-state index in [-0.39, 0.29) is 17.8 Å². The van der Waals surface area contributed by atoms with E-state index in [4.69, 9.17) is 4.74 Å². The van der Waals surface area contributed by atoms with Gasteiger partial charge in [-0.1, -0.05) is 28.1 Å². The number of hydrogen-bond acceptors (Lipinski definition) is 3. The smallest absolute Gasteiger partial charge is 0.322 e. The molecule has 126 valence electrons. The van der Waals surface area contributed by atoms with Crippen molar-refractivity contribution in [1.82, 2.24) is 4.90 Å². The monoisotopic (exact) mass is 390 g/mol. The maximum Gasteiger partial charge on any atom is 0.322 e. The highest BCUT2D eigenvalue weighted by atomic mass is 79.9. The second-order valence-corrected chi connectivity index (χ2v) is 6.72. The average Bonchev–Trinajstić information content (AvgIpc) is 3.38. The van der Waals surface area contributed by atoms with Gasteiger partial charge in [-0.25, -0.2) is 4.79 Å². The number of aromatic hydroxyl groups is 1. The summed E-state index contributed by atoms with van der Waals surface area (Å²) in [5.41, 5.74) is 1.67. The number of methoxy groups -OCH3 is 1. The van der Waals surface area contributed by atoms with E-state index < -0.39 is 0 Å². The molecule has 1 fully saturated rings. The van der Waals surface area contributed by atoms with E-state index in [1.54, 1.807) is 18.2 Å². The van der Waals surface area contributed by atoms with Gasteiger partial charge in [0.1, 0.15) is 0 Å². The average molecular weight is 391 g/mol. The van der Waals surface area contributed by atoms with E-state index in [9.17, 15) is 9.90 Å². The van der Waals surface area contributed by atoms with E-state index in [1.807, 2.05) is 29.2 Å². The van der Waals surface area contributed by atoms with Crippen molar-refractivity contribution >= 4 is 27.6 Å². The molecule has 1 aliphatic carbocycles. The van der Waals surface area contributed by atoms with E-state index in [0.717, 1.165) is 28.6 Å². The first-order valence-corrected chi connectivity index (χ1v) is 8.55. The Labute approximate surface area is 149 Å². The van der Waals surface area contributed by atoms with Crippen LogP contribution in [0.15, 0.2) is 46.9 Å². The van der Waals surface area contributed by atoms with Gasteiger partial charge in [0, 0.05) is 22.7 Å². The van der Waals surface area contributed by atoms with Gasteiger partial charge in [0.25, 0.3) is 0 Å². The molecule has 2 N–H and O–H groups in total. The Bertz CT molecular complexity index is 747. The SMILES string of the molecule is COc1cc(CN(C(=O)Nc2cccc(Br)c2)C2CC2)ccc1O. The molecule has 2 aromatic carbocycles. The number of nitrogens with one attached hydrogen (secondary N) is 1. The number of benzene rings is 2. The highest BCUT2D eigenvalue weighted by Crippen LogP contribution is 2.31. The molecule has 0 bridgehead atoms. The van der Waals surface area contributed by atoms with Crippen LogP contribution in [-0.2, 0) is 6.54 Å². The topological polar surface area (TPSA) is 61.8 Å². The number of hydrogen-bond donors (Lipinski definition) is 2. The molecule has 0 spiro atoms. The molecule has 1 aliphatic rings. The van der Waals surface area contributed by atoms with Gasteiger partial charge in [-0.2, -0.15) is 0 Å². The van der Waals surface area contributed by atoms with Gasteiger partial charge in [0.2, 0.25) is 0 Å². The third kappa shape index (κ3) is 4.00. The Hall–Kier alpha value is -2.21. The Morgan fingerprint density at radius 2 is 2.12 bits per heavy atom. The lowest BCUT2D eigenvalue weighted by Crippen LogP contribution is -2.36. The van der Waals surface area contributed by atoms with Crippen molar-refractivity contribution in [3.63, 3.8) is 0 Å². The molecule has 0 radical (unpaired) electrons. The van der Waals surface area contributed by atoms with Crippen LogP contribution in [0.4, 0.5) is 10.5 Å². The van der Waals surface area contributed by atoms with Crippen molar-refractivity contribution in [2.45, 2.75) is 25.4 Å². The van der Waals surface area contributed by atoms with Gasteiger partial charge in [0.05, 0.1) is 7.11 Å². The van der Waals surface area contributed by atoms with Gasteiger partial charge in [-0.15, -0.1) is 0 Å². The van der Waals surface area contributed by atoms with Gasteiger partial charge < -0.3 is 20.1 Å². The Morgan fingerprint density at radius 1 is 1.33 bits per heavy atom. The van der Waals surface area contributed by atoms with E-state index in [2.05, 4.69) is 21.2 Å². The molecule has 2 amide bonds. The van der Waals surface area contributed by atoms with Crippen molar-refractivity contribution in [2.24, 2.45) is 0 Å². The normalized spacial score (nSPS) is 13.4. The summed E-state index contributed by atoms with van der Waals surface area (Å²) in [7, 11) is 1.51. The van der Waals surface area contributed by atoms with Crippen LogP contribution in [-0.4, -0.2) is 29.2 Å². The van der Waals surface area contributed by atoms with Crippen molar-refractivity contribution < 1.29 is 14.6 Å². The minimum atomic E-state index is -0.123.